The summed E-state index contributed by atoms with van der Waals surface area (Å²) >= 11 is 0. The molecule has 2 unspecified atom stereocenters. The van der Waals surface area contributed by atoms with Crippen molar-refractivity contribution in [3.8, 4) is 0 Å². The van der Waals surface area contributed by atoms with Gasteiger partial charge in [0.2, 0.25) is 10.0 Å². The molecule has 0 amide bonds. The molecule has 1 aliphatic rings. The molecule has 7 heteroatoms. The van der Waals surface area contributed by atoms with Gasteiger partial charge < -0.3 is 10.1 Å². The highest BCUT2D eigenvalue weighted by molar-refractivity contribution is 7.93. The van der Waals surface area contributed by atoms with Gasteiger partial charge in [-0.2, -0.15) is 0 Å². The van der Waals surface area contributed by atoms with Crippen LogP contribution in [0.3, 0.4) is 0 Å². The summed E-state index contributed by atoms with van der Waals surface area (Å²) in [7, 11) is -2.24. The molecule has 0 saturated carbocycles. The summed E-state index contributed by atoms with van der Waals surface area (Å²) in [4.78, 5) is 11.4. The van der Waals surface area contributed by atoms with Crippen molar-refractivity contribution < 1.29 is 17.9 Å². The fourth-order valence-corrected chi connectivity index (χ4v) is 3.65. The number of esters is 1. The largest absolute Gasteiger partial charge is 0.468 e. The van der Waals surface area contributed by atoms with Gasteiger partial charge in [0, 0.05) is 6.54 Å². The Labute approximate surface area is 118 Å². The molecule has 1 saturated heterocycles. The van der Waals surface area contributed by atoms with Gasteiger partial charge in [-0.15, -0.1) is 0 Å². The van der Waals surface area contributed by atoms with Crippen LogP contribution in [0.5, 0.6) is 0 Å². The van der Waals surface area contributed by atoms with Crippen molar-refractivity contribution in [1.82, 2.24) is 5.32 Å². The van der Waals surface area contributed by atoms with Crippen LogP contribution >= 0.6 is 0 Å². The van der Waals surface area contributed by atoms with E-state index in [9.17, 15) is 13.2 Å². The molecule has 1 aromatic carbocycles. The van der Waals surface area contributed by atoms with E-state index < -0.39 is 27.3 Å². The van der Waals surface area contributed by atoms with E-state index in [1.807, 2.05) is 19.1 Å². The summed E-state index contributed by atoms with van der Waals surface area (Å²) in [5.74, 6) is -0.432. The number of nitrogens with one attached hydrogen (secondary N) is 2. The molecule has 0 radical (unpaired) electrons. The number of carbonyl (C=O) groups excluding carboxylic acids is 1. The fraction of sp³-hybridized carbons (Fsp3) is 0.462. The van der Waals surface area contributed by atoms with Crippen molar-refractivity contribution in [3.63, 3.8) is 0 Å². The van der Waals surface area contributed by atoms with E-state index >= 15 is 0 Å². The third-order valence-corrected chi connectivity index (χ3v) is 5.15. The minimum absolute atomic E-state index is 0.216. The number of hydrogen-bond donors (Lipinski definition) is 2. The number of carbonyl (C=O) groups is 1. The normalized spacial score (nSPS) is 22.5. The molecule has 0 aliphatic carbocycles. The number of hydrogen-bond acceptors (Lipinski definition) is 5. The first-order valence-electron chi connectivity index (χ1n) is 6.32. The van der Waals surface area contributed by atoms with Crippen LogP contribution in [0.25, 0.3) is 0 Å². The van der Waals surface area contributed by atoms with Crippen LogP contribution in [0.4, 0.5) is 5.69 Å². The zero-order valence-corrected chi connectivity index (χ0v) is 12.2. The minimum atomic E-state index is -3.53. The van der Waals surface area contributed by atoms with E-state index in [2.05, 4.69) is 14.8 Å². The first-order valence-corrected chi connectivity index (χ1v) is 7.87. The number of aryl methyl sites for hydroxylation is 1. The minimum Gasteiger partial charge on any atom is -0.468 e. The summed E-state index contributed by atoms with van der Waals surface area (Å²) in [6.45, 7) is 2.07. The monoisotopic (exact) mass is 298 g/mol. The second kappa shape index (κ2) is 5.80. The highest BCUT2D eigenvalue weighted by Crippen LogP contribution is 2.21. The van der Waals surface area contributed by atoms with Crippen LogP contribution in [-0.4, -0.2) is 39.3 Å². The number of anilines is 1. The van der Waals surface area contributed by atoms with Gasteiger partial charge in [0.1, 0.15) is 6.04 Å². The summed E-state index contributed by atoms with van der Waals surface area (Å²) in [5, 5.41) is 2.22. The predicted octanol–water partition coefficient (Wildman–Crippen LogP) is 0.640. The SMILES string of the molecule is COC(=O)C1CC(S(=O)(=O)Nc2ccccc2C)CN1. The maximum Gasteiger partial charge on any atom is 0.322 e. The first kappa shape index (κ1) is 14.8. The van der Waals surface area contributed by atoms with E-state index in [4.69, 9.17) is 0 Å². The lowest BCUT2D eigenvalue weighted by molar-refractivity contribution is -0.142. The Bertz CT molecular complexity index is 600. The van der Waals surface area contributed by atoms with E-state index in [0.29, 0.717) is 5.69 Å². The number of benzene rings is 1. The average molecular weight is 298 g/mol. The molecule has 6 nitrogen and oxygen atoms in total. The standard InChI is InChI=1S/C13H18N2O4S/c1-9-5-3-4-6-11(9)15-20(17,18)10-7-12(14-8-10)13(16)19-2/h3-6,10,12,14-15H,7-8H2,1-2H3. The molecule has 20 heavy (non-hydrogen) atoms. The number of methoxy groups -OCH3 is 1. The molecular formula is C13H18N2O4S. The quantitative estimate of drug-likeness (QED) is 0.797. The van der Waals surface area contributed by atoms with Gasteiger partial charge in [-0.1, -0.05) is 18.2 Å². The van der Waals surface area contributed by atoms with Gasteiger partial charge in [-0.3, -0.25) is 9.52 Å². The maximum absolute atomic E-state index is 12.3. The summed E-state index contributed by atoms with van der Waals surface area (Å²) < 4.78 is 31.8. The molecule has 0 bridgehead atoms. The lowest BCUT2D eigenvalue weighted by Gasteiger charge is -2.14. The van der Waals surface area contributed by atoms with Gasteiger partial charge >= 0.3 is 5.97 Å². The summed E-state index contributed by atoms with van der Waals surface area (Å²) in [6, 6.07) is 6.61. The van der Waals surface area contributed by atoms with Crippen LogP contribution in [0.1, 0.15) is 12.0 Å². The Balaban J connectivity index is 2.09. The molecule has 0 spiro atoms. The van der Waals surface area contributed by atoms with Gasteiger partial charge in [0.25, 0.3) is 0 Å². The third kappa shape index (κ3) is 3.10. The second-order valence-electron chi connectivity index (χ2n) is 4.80. The van der Waals surface area contributed by atoms with Crippen molar-refractivity contribution in [2.45, 2.75) is 24.6 Å². The van der Waals surface area contributed by atoms with Crippen LogP contribution in [0.2, 0.25) is 0 Å². The Kier molecular flexibility index (Phi) is 4.29. The average Bonchev–Trinajstić information content (AvgIpc) is 2.91. The van der Waals surface area contributed by atoms with Gasteiger partial charge in [-0.25, -0.2) is 8.42 Å². The van der Waals surface area contributed by atoms with Crippen LogP contribution in [0.15, 0.2) is 24.3 Å². The molecule has 1 fully saturated rings. The number of sulfonamides is 1. The molecule has 2 rings (SSSR count). The smallest absolute Gasteiger partial charge is 0.322 e. The molecular weight excluding hydrogens is 280 g/mol. The van der Waals surface area contributed by atoms with Crippen molar-refractivity contribution in [3.05, 3.63) is 29.8 Å². The predicted molar refractivity (Wildman–Crippen MR) is 75.9 cm³/mol. The van der Waals surface area contributed by atoms with Crippen LogP contribution in [-0.2, 0) is 19.6 Å². The highest BCUT2D eigenvalue weighted by Gasteiger charge is 2.37. The molecule has 2 N–H and O–H groups in total. The van der Waals surface area contributed by atoms with Crippen LogP contribution < -0.4 is 10.0 Å². The third-order valence-electron chi connectivity index (χ3n) is 3.41. The van der Waals surface area contributed by atoms with Gasteiger partial charge in [0.05, 0.1) is 18.0 Å². The summed E-state index contributed by atoms with van der Waals surface area (Å²) in [5.41, 5.74) is 1.42. The molecule has 0 aromatic heterocycles. The maximum atomic E-state index is 12.3. The molecule has 1 heterocycles. The Morgan fingerprint density at radius 3 is 2.75 bits per heavy atom. The number of para-hydroxylation sites is 1. The van der Waals surface area contributed by atoms with Gasteiger partial charge in [-0.05, 0) is 25.0 Å². The second-order valence-corrected chi connectivity index (χ2v) is 6.76. The fourth-order valence-electron chi connectivity index (χ4n) is 2.19. The van der Waals surface area contributed by atoms with E-state index in [-0.39, 0.29) is 13.0 Å². The number of ether oxygens (including phenoxy) is 1. The molecule has 2 atom stereocenters. The zero-order chi connectivity index (χ0) is 14.8. The van der Waals surface area contributed by atoms with Crippen molar-refractivity contribution in [2.24, 2.45) is 0 Å². The number of rotatable bonds is 4. The Hall–Kier alpha value is -1.60. The van der Waals surface area contributed by atoms with Crippen molar-refractivity contribution in [1.29, 1.82) is 0 Å². The van der Waals surface area contributed by atoms with Crippen LogP contribution in [0, 0.1) is 6.92 Å². The first-order chi connectivity index (χ1) is 9.44. The molecule has 1 aromatic rings. The molecule has 110 valence electrons. The lowest BCUT2D eigenvalue weighted by Crippen LogP contribution is -2.31. The summed E-state index contributed by atoms with van der Waals surface area (Å²) in [6.07, 6.45) is 0.216. The van der Waals surface area contributed by atoms with E-state index in [0.717, 1.165) is 5.56 Å². The lowest BCUT2D eigenvalue weighted by atomic mass is 10.2. The van der Waals surface area contributed by atoms with Crippen molar-refractivity contribution in [2.75, 3.05) is 18.4 Å². The van der Waals surface area contributed by atoms with E-state index in [1.54, 1.807) is 12.1 Å². The topological polar surface area (TPSA) is 84.5 Å². The zero-order valence-electron chi connectivity index (χ0n) is 11.4. The van der Waals surface area contributed by atoms with Gasteiger partial charge in [0.15, 0.2) is 0 Å². The highest BCUT2D eigenvalue weighted by atomic mass is 32.2. The Morgan fingerprint density at radius 2 is 2.10 bits per heavy atom. The van der Waals surface area contributed by atoms with Crippen molar-refractivity contribution >= 4 is 21.7 Å². The van der Waals surface area contributed by atoms with E-state index in [1.165, 1.54) is 7.11 Å². The Morgan fingerprint density at radius 1 is 1.40 bits per heavy atom. The molecule has 1 aliphatic heterocycles.